The molecule has 2 aliphatic rings. The largest absolute Gasteiger partial charge is 0.381 e. The molecule has 0 aromatic carbocycles. The number of ether oxygens (including phenoxy) is 1. The minimum Gasteiger partial charge on any atom is -0.381 e. The molecular formula is C18H37IN4O. The molecule has 0 radical (unpaired) electrons. The first-order valence-corrected chi connectivity index (χ1v) is 9.48. The maximum absolute atomic E-state index is 5.61. The third-order valence-electron chi connectivity index (χ3n) is 4.83. The average Bonchev–Trinajstić information content (AvgIpc) is 3.20. The van der Waals surface area contributed by atoms with Crippen molar-refractivity contribution in [1.82, 2.24) is 15.5 Å². The summed E-state index contributed by atoms with van der Waals surface area (Å²) in [4.78, 5) is 7.03. The number of nitrogens with zero attached hydrogens (tertiary/aromatic N) is 2. The van der Waals surface area contributed by atoms with Crippen LogP contribution < -0.4 is 10.6 Å². The molecule has 6 heteroatoms. The summed E-state index contributed by atoms with van der Waals surface area (Å²) in [5.74, 6) is 1.55. The molecule has 0 aromatic rings. The van der Waals surface area contributed by atoms with Crippen molar-refractivity contribution in [3.8, 4) is 0 Å². The lowest BCUT2D eigenvalue weighted by molar-refractivity contribution is 0.108. The fraction of sp³-hybridized carbons (Fsp3) is 0.944. The Hall–Kier alpha value is -0.0800. The Morgan fingerprint density at radius 3 is 2.67 bits per heavy atom. The topological polar surface area (TPSA) is 48.9 Å². The molecule has 1 saturated heterocycles. The van der Waals surface area contributed by atoms with Crippen molar-refractivity contribution in [1.29, 1.82) is 0 Å². The van der Waals surface area contributed by atoms with Crippen molar-refractivity contribution in [2.75, 3.05) is 39.9 Å². The minimum absolute atomic E-state index is 0. The number of hydrogen-bond donors (Lipinski definition) is 2. The standard InChI is InChI=1S/C18H36N4O.HI/c1-15(2)14-23-12-6-10-20-18(19-3)21-16-9-11-22(13-16)17-7-4-5-8-17;/h15-17H,4-14H2,1-3H3,(H2,19,20,21);1H. The Labute approximate surface area is 165 Å². The summed E-state index contributed by atoms with van der Waals surface area (Å²) in [6, 6.07) is 1.38. The third-order valence-corrected chi connectivity index (χ3v) is 4.83. The number of hydrogen-bond acceptors (Lipinski definition) is 3. The molecule has 0 spiro atoms. The molecule has 1 atom stereocenters. The number of likely N-dealkylation sites (tertiary alicyclic amines) is 1. The zero-order valence-corrected chi connectivity index (χ0v) is 18.1. The fourth-order valence-electron chi connectivity index (χ4n) is 3.59. The third kappa shape index (κ3) is 7.87. The van der Waals surface area contributed by atoms with Crippen LogP contribution in [0.25, 0.3) is 0 Å². The molecule has 142 valence electrons. The van der Waals surface area contributed by atoms with Crippen LogP contribution >= 0.6 is 24.0 Å². The van der Waals surface area contributed by atoms with E-state index in [4.69, 9.17) is 4.74 Å². The molecule has 1 aliphatic carbocycles. The van der Waals surface area contributed by atoms with Crippen molar-refractivity contribution in [2.45, 2.75) is 64.5 Å². The van der Waals surface area contributed by atoms with Crippen LogP contribution in [-0.4, -0.2) is 62.8 Å². The van der Waals surface area contributed by atoms with E-state index < -0.39 is 0 Å². The number of halogens is 1. The molecule has 2 rings (SSSR count). The van der Waals surface area contributed by atoms with Crippen LogP contribution in [0.4, 0.5) is 0 Å². The summed E-state index contributed by atoms with van der Waals surface area (Å²) in [6.45, 7) is 9.36. The number of rotatable bonds is 8. The second-order valence-electron chi connectivity index (χ2n) is 7.38. The van der Waals surface area contributed by atoms with Gasteiger partial charge in [0.05, 0.1) is 0 Å². The second kappa shape index (κ2) is 12.3. The summed E-state index contributed by atoms with van der Waals surface area (Å²) < 4.78 is 5.61. The molecular weight excluding hydrogens is 415 g/mol. The predicted molar refractivity (Wildman–Crippen MR) is 112 cm³/mol. The first-order valence-electron chi connectivity index (χ1n) is 9.48. The first-order chi connectivity index (χ1) is 11.2. The monoisotopic (exact) mass is 452 g/mol. The van der Waals surface area contributed by atoms with E-state index in [0.717, 1.165) is 38.2 Å². The van der Waals surface area contributed by atoms with Crippen LogP contribution in [0.15, 0.2) is 4.99 Å². The molecule has 5 nitrogen and oxygen atoms in total. The van der Waals surface area contributed by atoms with Crippen LogP contribution in [0.2, 0.25) is 0 Å². The summed E-state index contributed by atoms with van der Waals surface area (Å²) in [7, 11) is 1.86. The van der Waals surface area contributed by atoms with E-state index in [-0.39, 0.29) is 24.0 Å². The molecule has 2 fully saturated rings. The maximum atomic E-state index is 5.61. The van der Waals surface area contributed by atoms with E-state index in [1.807, 2.05) is 7.05 Å². The number of nitrogens with one attached hydrogen (secondary N) is 2. The van der Waals surface area contributed by atoms with Gasteiger partial charge >= 0.3 is 0 Å². The SMILES string of the molecule is CN=C(NCCCOCC(C)C)NC1CCN(C2CCCC2)C1.I. The van der Waals surface area contributed by atoms with Gasteiger partial charge < -0.3 is 15.4 Å². The second-order valence-corrected chi connectivity index (χ2v) is 7.38. The van der Waals surface area contributed by atoms with Crippen LogP contribution in [0.1, 0.15) is 52.4 Å². The van der Waals surface area contributed by atoms with Gasteiger partial charge in [-0.15, -0.1) is 24.0 Å². The van der Waals surface area contributed by atoms with Crippen molar-refractivity contribution < 1.29 is 4.74 Å². The normalized spacial score (nSPS) is 22.8. The zero-order chi connectivity index (χ0) is 16.5. The van der Waals surface area contributed by atoms with Crippen LogP contribution in [0.5, 0.6) is 0 Å². The van der Waals surface area contributed by atoms with E-state index in [1.54, 1.807) is 0 Å². The molecule has 1 unspecified atom stereocenters. The van der Waals surface area contributed by atoms with E-state index in [2.05, 4.69) is 34.4 Å². The highest BCUT2D eigenvalue weighted by Gasteiger charge is 2.30. The Balaban J connectivity index is 0.00000288. The summed E-state index contributed by atoms with van der Waals surface area (Å²) >= 11 is 0. The van der Waals surface area contributed by atoms with Crippen LogP contribution in [0.3, 0.4) is 0 Å². The van der Waals surface area contributed by atoms with E-state index in [0.29, 0.717) is 12.0 Å². The van der Waals surface area contributed by atoms with E-state index in [9.17, 15) is 0 Å². The van der Waals surface area contributed by atoms with Gasteiger partial charge in [-0.3, -0.25) is 9.89 Å². The van der Waals surface area contributed by atoms with E-state index >= 15 is 0 Å². The van der Waals surface area contributed by atoms with Gasteiger partial charge in [-0.1, -0.05) is 26.7 Å². The minimum atomic E-state index is 0. The van der Waals surface area contributed by atoms with Crippen molar-refractivity contribution in [3.05, 3.63) is 0 Å². The van der Waals surface area contributed by atoms with Crippen molar-refractivity contribution in [3.63, 3.8) is 0 Å². The molecule has 0 bridgehead atoms. The summed E-state index contributed by atoms with van der Waals surface area (Å²) in [5.41, 5.74) is 0. The Morgan fingerprint density at radius 1 is 1.25 bits per heavy atom. The van der Waals surface area contributed by atoms with Gasteiger partial charge in [0, 0.05) is 52.0 Å². The van der Waals surface area contributed by atoms with Gasteiger partial charge in [-0.25, -0.2) is 0 Å². The lowest BCUT2D eigenvalue weighted by atomic mass is 10.2. The van der Waals surface area contributed by atoms with Crippen molar-refractivity contribution >= 4 is 29.9 Å². The molecule has 2 N–H and O–H groups in total. The molecule has 0 aromatic heterocycles. The van der Waals surface area contributed by atoms with Gasteiger partial charge in [0.1, 0.15) is 0 Å². The van der Waals surface area contributed by atoms with Gasteiger partial charge in [0.15, 0.2) is 5.96 Å². The van der Waals surface area contributed by atoms with Crippen LogP contribution in [-0.2, 0) is 4.74 Å². The zero-order valence-electron chi connectivity index (χ0n) is 15.7. The van der Waals surface area contributed by atoms with Gasteiger partial charge in [0.2, 0.25) is 0 Å². The highest BCUT2D eigenvalue weighted by molar-refractivity contribution is 14.0. The van der Waals surface area contributed by atoms with Crippen molar-refractivity contribution in [2.24, 2.45) is 10.9 Å². The summed E-state index contributed by atoms with van der Waals surface area (Å²) in [6.07, 6.45) is 7.88. The Morgan fingerprint density at radius 2 is 2.00 bits per heavy atom. The maximum Gasteiger partial charge on any atom is 0.191 e. The smallest absolute Gasteiger partial charge is 0.191 e. The molecule has 1 heterocycles. The predicted octanol–water partition coefficient (Wildman–Crippen LogP) is 2.85. The lowest BCUT2D eigenvalue weighted by Crippen LogP contribution is -2.45. The van der Waals surface area contributed by atoms with E-state index in [1.165, 1.54) is 45.2 Å². The molecule has 24 heavy (non-hydrogen) atoms. The lowest BCUT2D eigenvalue weighted by Gasteiger charge is -2.24. The molecule has 1 aliphatic heterocycles. The molecule has 0 amide bonds. The summed E-state index contributed by atoms with van der Waals surface area (Å²) in [5, 5.41) is 6.99. The van der Waals surface area contributed by atoms with Gasteiger partial charge in [-0.2, -0.15) is 0 Å². The quantitative estimate of drug-likeness (QED) is 0.258. The average molecular weight is 452 g/mol. The first kappa shape index (κ1) is 22.0. The number of guanidine groups is 1. The highest BCUT2D eigenvalue weighted by Crippen LogP contribution is 2.26. The number of aliphatic imine (C=N–C) groups is 1. The Bertz CT molecular complexity index is 359. The highest BCUT2D eigenvalue weighted by atomic mass is 127. The fourth-order valence-corrected chi connectivity index (χ4v) is 3.59. The van der Waals surface area contributed by atoms with Gasteiger partial charge in [0.25, 0.3) is 0 Å². The Kier molecular flexibility index (Phi) is 11.3. The van der Waals surface area contributed by atoms with Crippen LogP contribution in [0, 0.1) is 5.92 Å². The van der Waals surface area contributed by atoms with Gasteiger partial charge in [-0.05, 0) is 31.6 Å². The molecule has 1 saturated carbocycles.